The van der Waals surface area contributed by atoms with E-state index < -0.39 is 36.2 Å². The van der Waals surface area contributed by atoms with Gasteiger partial charge in [0.15, 0.2) is 0 Å². The molecule has 5 atom stereocenters. The van der Waals surface area contributed by atoms with Crippen molar-refractivity contribution < 1.29 is 29.0 Å². The van der Waals surface area contributed by atoms with Gasteiger partial charge in [-0.1, -0.05) is 37.1 Å². The number of benzene rings is 1. The van der Waals surface area contributed by atoms with E-state index in [0.29, 0.717) is 10.9 Å². The number of carbonyl (C=O) groups excluding carboxylic acids is 2. The van der Waals surface area contributed by atoms with Crippen molar-refractivity contribution in [1.29, 1.82) is 0 Å². The van der Waals surface area contributed by atoms with Crippen LogP contribution >= 0.6 is 0 Å². The largest absolute Gasteiger partial charge is 0.480 e. The molecule has 2 bridgehead atoms. The summed E-state index contributed by atoms with van der Waals surface area (Å²) in [6.45, 7) is 0.236. The second-order valence-electron chi connectivity index (χ2n) is 12.0. The zero-order chi connectivity index (χ0) is 29.2. The number of alkyl carbamates (subject to hydrolysis) is 1. The first-order chi connectivity index (χ1) is 20.4. The second kappa shape index (κ2) is 12.1. The maximum absolute atomic E-state index is 14.0. The van der Waals surface area contributed by atoms with Crippen LogP contribution < -0.4 is 15.6 Å². The maximum atomic E-state index is 14.0. The maximum Gasteiger partial charge on any atom is 0.408 e. The number of nitrogens with one attached hydrogen (secondary N) is 1. The molecule has 2 aromatic rings. The van der Waals surface area contributed by atoms with E-state index in [2.05, 4.69) is 10.3 Å². The lowest BCUT2D eigenvalue weighted by Crippen LogP contribution is -2.55. The van der Waals surface area contributed by atoms with Gasteiger partial charge >= 0.3 is 12.1 Å². The Labute approximate surface area is 243 Å². The number of aliphatic carboxylic acids is 1. The zero-order valence-corrected chi connectivity index (χ0v) is 23.7. The van der Waals surface area contributed by atoms with Crippen molar-refractivity contribution in [2.45, 2.75) is 95.0 Å². The second-order valence-corrected chi connectivity index (χ2v) is 12.0. The molecule has 1 aromatic heterocycles. The van der Waals surface area contributed by atoms with Gasteiger partial charge in [0, 0.05) is 13.0 Å². The molecule has 0 spiro atoms. The minimum absolute atomic E-state index is 0.00101. The molecule has 0 unspecified atom stereocenters. The van der Waals surface area contributed by atoms with E-state index >= 15 is 0 Å². The van der Waals surface area contributed by atoms with Gasteiger partial charge in [0.25, 0.3) is 11.6 Å². The molecule has 1 saturated heterocycles. The lowest BCUT2D eigenvalue weighted by atomic mass is 9.96. The number of para-hydroxylation sites is 1. The predicted molar refractivity (Wildman–Crippen MR) is 153 cm³/mol. The minimum atomic E-state index is -1.14. The lowest BCUT2D eigenvalue weighted by molar-refractivity contribution is -0.149. The molecule has 2 aliphatic carbocycles. The van der Waals surface area contributed by atoms with Gasteiger partial charge in [-0.05, 0) is 68.9 Å². The SMILES string of the molecule is O=C1N[C@@H](C2CCCC2)C(=O)N2C[C@@H](C[C@H]2C(=O)O)Oc2nc3ccccc3c(=O)n2C/C=C\CC[C@@H]2CCC[C@H]2O1. The molecule has 2 N–H and O–H groups in total. The molecular formula is C31H38N4O7. The molecular weight excluding hydrogens is 540 g/mol. The number of hydrogen-bond acceptors (Lipinski definition) is 7. The van der Waals surface area contributed by atoms with Crippen LogP contribution in [0.3, 0.4) is 0 Å². The van der Waals surface area contributed by atoms with Crippen LogP contribution in [0.5, 0.6) is 6.01 Å². The fraction of sp³-hybridized carbons (Fsp3) is 0.581. The van der Waals surface area contributed by atoms with E-state index in [1.807, 2.05) is 12.2 Å². The summed E-state index contributed by atoms with van der Waals surface area (Å²) in [4.78, 5) is 58.9. The van der Waals surface area contributed by atoms with Crippen molar-refractivity contribution in [1.82, 2.24) is 19.8 Å². The molecule has 6 rings (SSSR count). The fourth-order valence-electron chi connectivity index (χ4n) is 7.15. The molecule has 2 aliphatic heterocycles. The van der Waals surface area contributed by atoms with E-state index in [1.165, 1.54) is 9.47 Å². The van der Waals surface area contributed by atoms with Gasteiger partial charge < -0.3 is 24.8 Å². The normalized spacial score (nSPS) is 30.0. The number of fused-ring (bicyclic) bond motifs is 5. The van der Waals surface area contributed by atoms with Crippen LogP contribution in [0.4, 0.5) is 4.79 Å². The first-order valence-electron chi connectivity index (χ1n) is 15.2. The number of carbonyl (C=O) groups is 3. The smallest absolute Gasteiger partial charge is 0.408 e. The first kappa shape index (κ1) is 28.2. The van der Waals surface area contributed by atoms with Crippen LogP contribution in [0.15, 0.2) is 41.2 Å². The Balaban J connectivity index is 1.36. The van der Waals surface area contributed by atoms with Crippen molar-refractivity contribution in [2.24, 2.45) is 11.8 Å². The number of nitrogens with zero attached hydrogens (tertiary/aromatic N) is 3. The Morgan fingerprint density at radius 2 is 1.74 bits per heavy atom. The summed E-state index contributed by atoms with van der Waals surface area (Å²) in [5.74, 6) is -1.47. The number of rotatable bonds is 2. The molecule has 224 valence electrons. The molecule has 3 fully saturated rings. The summed E-state index contributed by atoms with van der Waals surface area (Å²) in [6, 6.07) is 5.13. The summed E-state index contributed by atoms with van der Waals surface area (Å²) >= 11 is 0. The van der Waals surface area contributed by atoms with Crippen LogP contribution in [-0.4, -0.2) is 68.4 Å². The highest BCUT2D eigenvalue weighted by molar-refractivity contribution is 5.90. The lowest BCUT2D eigenvalue weighted by Gasteiger charge is -2.31. The third kappa shape index (κ3) is 5.73. The summed E-state index contributed by atoms with van der Waals surface area (Å²) in [6.07, 6.45) is 10.2. The Morgan fingerprint density at radius 1 is 0.952 bits per heavy atom. The van der Waals surface area contributed by atoms with E-state index in [9.17, 15) is 24.3 Å². The fourth-order valence-corrected chi connectivity index (χ4v) is 7.15. The molecule has 0 radical (unpaired) electrons. The Bertz CT molecular complexity index is 1430. The molecule has 2 amide bonds. The Kier molecular flexibility index (Phi) is 8.17. The summed E-state index contributed by atoms with van der Waals surface area (Å²) in [7, 11) is 0. The topological polar surface area (TPSA) is 140 Å². The molecule has 1 aromatic carbocycles. The van der Waals surface area contributed by atoms with E-state index in [0.717, 1.165) is 57.8 Å². The van der Waals surface area contributed by atoms with Crippen molar-refractivity contribution >= 4 is 28.9 Å². The quantitative estimate of drug-likeness (QED) is 0.515. The number of hydrogen-bond donors (Lipinski definition) is 2. The average Bonchev–Trinajstić information content (AvgIpc) is 3.74. The van der Waals surface area contributed by atoms with Gasteiger partial charge in [-0.2, -0.15) is 4.98 Å². The minimum Gasteiger partial charge on any atom is -0.480 e. The van der Waals surface area contributed by atoms with Gasteiger partial charge in [-0.25, -0.2) is 9.59 Å². The molecule has 11 nitrogen and oxygen atoms in total. The number of carboxylic acids is 1. The molecule has 11 heteroatoms. The molecule has 42 heavy (non-hydrogen) atoms. The highest BCUT2D eigenvalue weighted by Crippen LogP contribution is 2.34. The molecule has 3 heterocycles. The highest BCUT2D eigenvalue weighted by Gasteiger charge is 2.46. The number of carboxylic acid groups (broad SMARTS) is 1. The standard InChI is InChI=1S/C31H38N4O7/c36-27-22-13-5-6-14-23(22)32-30-34(27)16-7-1-2-9-19-12-8-15-25(19)42-31(40)33-26(20-10-3-4-11-20)28(37)35-18-21(41-30)17-24(35)29(38)39/h1,5-7,13-14,19-21,24-26H,2-4,8-12,15-18H2,(H,33,40)(H,38,39)/b7-1-/t19-,21-,24+,25-,26+/m1/s1. The predicted octanol–water partition coefficient (Wildman–Crippen LogP) is 3.63. The monoisotopic (exact) mass is 578 g/mol. The van der Waals surface area contributed by atoms with Crippen LogP contribution in [0.1, 0.15) is 64.2 Å². The Hall–Kier alpha value is -3.89. The zero-order valence-electron chi connectivity index (χ0n) is 23.7. The van der Waals surface area contributed by atoms with Gasteiger partial charge in [0.1, 0.15) is 24.3 Å². The third-order valence-corrected chi connectivity index (χ3v) is 9.35. The van der Waals surface area contributed by atoms with E-state index in [-0.39, 0.29) is 49.0 Å². The highest BCUT2D eigenvalue weighted by atomic mass is 16.6. The first-order valence-corrected chi connectivity index (χ1v) is 15.2. The van der Waals surface area contributed by atoms with Crippen molar-refractivity contribution in [2.75, 3.05) is 6.54 Å². The van der Waals surface area contributed by atoms with Crippen LogP contribution in [0.25, 0.3) is 10.9 Å². The number of amides is 2. The van der Waals surface area contributed by atoms with Crippen molar-refractivity contribution in [3.63, 3.8) is 0 Å². The number of ether oxygens (including phenoxy) is 2. The number of allylic oxidation sites excluding steroid dienone is 2. The van der Waals surface area contributed by atoms with Crippen molar-refractivity contribution in [3.8, 4) is 6.01 Å². The summed E-state index contributed by atoms with van der Waals surface area (Å²) in [5.41, 5.74) is 0.237. The average molecular weight is 579 g/mol. The van der Waals surface area contributed by atoms with Crippen LogP contribution in [0.2, 0.25) is 0 Å². The number of aromatic nitrogens is 2. The van der Waals surface area contributed by atoms with Gasteiger partial charge in [-0.15, -0.1) is 0 Å². The Morgan fingerprint density at radius 3 is 2.55 bits per heavy atom. The van der Waals surface area contributed by atoms with E-state index in [4.69, 9.17) is 9.47 Å². The van der Waals surface area contributed by atoms with Crippen LogP contribution in [0, 0.1) is 11.8 Å². The molecule has 4 aliphatic rings. The van der Waals surface area contributed by atoms with Crippen LogP contribution in [-0.2, 0) is 20.9 Å². The third-order valence-electron chi connectivity index (χ3n) is 9.35. The van der Waals surface area contributed by atoms with Crippen molar-refractivity contribution in [3.05, 3.63) is 46.8 Å². The van der Waals surface area contributed by atoms with Gasteiger partial charge in [-0.3, -0.25) is 14.2 Å². The summed E-state index contributed by atoms with van der Waals surface area (Å²) in [5, 5.41) is 13.4. The summed E-state index contributed by atoms with van der Waals surface area (Å²) < 4.78 is 13.6. The molecule has 2 saturated carbocycles. The van der Waals surface area contributed by atoms with E-state index in [1.54, 1.807) is 24.3 Å². The van der Waals surface area contributed by atoms with Gasteiger partial charge in [0.05, 0.1) is 17.4 Å². The van der Waals surface area contributed by atoms with Gasteiger partial charge in [0.2, 0.25) is 5.91 Å².